The van der Waals surface area contributed by atoms with Gasteiger partial charge in [0.2, 0.25) is 5.91 Å². The number of hydrogen-bond acceptors (Lipinski definition) is 4. The number of amidine groups is 1. The number of carbonyl (C=O) groups excluding carboxylic acids is 1. The van der Waals surface area contributed by atoms with Crippen LogP contribution in [0.25, 0.3) is 0 Å². The average molecular weight is 247 g/mol. The van der Waals surface area contributed by atoms with Gasteiger partial charge in [-0.15, -0.1) is 0 Å². The highest BCUT2D eigenvalue weighted by Crippen LogP contribution is 2.25. The second kappa shape index (κ2) is 4.07. The van der Waals surface area contributed by atoms with E-state index in [0.717, 1.165) is 10.9 Å². The Morgan fingerprint density at radius 1 is 1.29 bits per heavy atom. The van der Waals surface area contributed by atoms with Gasteiger partial charge in [0.1, 0.15) is 13.3 Å². The van der Waals surface area contributed by atoms with Gasteiger partial charge in [0, 0.05) is 5.69 Å². The topological polar surface area (TPSA) is 35.9 Å². The molecular formula is C12H13N3OS. The fourth-order valence-electron chi connectivity index (χ4n) is 1.94. The van der Waals surface area contributed by atoms with Gasteiger partial charge in [0.15, 0.2) is 5.17 Å². The monoisotopic (exact) mass is 247 g/mol. The van der Waals surface area contributed by atoms with Crippen LogP contribution >= 0.6 is 11.8 Å². The Bertz CT molecular complexity index is 483. The molecule has 3 rings (SSSR count). The summed E-state index contributed by atoms with van der Waals surface area (Å²) in [5.74, 6) is 0.686. The molecule has 1 amide bonds. The van der Waals surface area contributed by atoms with Crippen LogP contribution in [-0.2, 0) is 4.79 Å². The maximum Gasteiger partial charge on any atom is 0.240 e. The molecule has 2 aliphatic rings. The lowest BCUT2D eigenvalue weighted by molar-refractivity contribution is -0.124. The highest BCUT2D eigenvalue weighted by atomic mass is 32.2. The summed E-state index contributed by atoms with van der Waals surface area (Å²) in [6.07, 6.45) is 0. The average Bonchev–Trinajstić information content (AvgIpc) is 2.72. The normalized spacial score (nSPS) is 19.4. The van der Waals surface area contributed by atoms with E-state index in [9.17, 15) is 4.79 Å². The highest BCUT2D eigenvalue weighted by molar-refractivity contribution is 8.15. The Morgan fingerprint density at radius 3 is 2.82 bits per heavy atom. The molecule has 0 bridgehead atoms. The van der Waals surface area contributed by atoms with E-state index in [1.807, 2.05) is 0 Å². The Morgan fingerprint density at radius 2 is 2.06 bits per heavy atom. The number of aliphatic imine (C=N–C) groups is 1. The molecule has 1 aromatic carbocycles. The summed E-state index contributed by atoms with van der Waals surface area (Å²) >= 11 is 1.53. The fourth-order valence-corrected chi connectivity index (χ4v) is 2.81. The first-order valence-electron chi connectivity index (χ1n) is 5.53. The molecule has 5 heteroatoms. The minimum absolute atomic E-state index is 0.158. The van der Waals surface area contributed by atoms with Crippen LogP contribution in [0.15, 0.2) is 29.3 Å². The molecule has 1 saturated heterocycles. The van der Waals surface area contributed by atoms with Gasteiger partial charge >= 0.3 is 0 Å². The zero-order valence-corrected chi connectivity index (χ0v) is 10.4. The summed E-state index contributed by atoms with van der Waals surface area (Å²) in [4.78, 5) is 19.9. The van der Waals surface area contributed by atoms with E-state index in [1.54, 1.807) is 4.90 Å². The minimum Gasteiger partial charge on any atom is -0.334 e. The third-order valence-electron chi connectivity index (χ3n) is 2.94. The van der Waals surface area contributed by atoms with Crippen molar-refractivity contribution in [1.82, 2.24) is 4.90 Å². The third-order valence-corrected chi connectivity index (χ3v) is 3.94. The summed E-state index contributed by atoms with van der Waals surface area (Å²) in [5, 5.41) is 0.873. The first-order valence-corrected chi connectivity index (χ1v) is 6.52. The molecule has 0 spiro atoms. The molecule has 17 heavy (non-hydrogen) atoms. The smallest absolute Gasteiger partial charge is 0.240 e. The maximum atomic E-state index is 11.6. The van der Waals surface area contributed by atoms with Gasteiger partial charge < -0.3 is 4.90 Å². The number of hydrogen-bond donors (Lipinski definition) is 0. The maximum absolute atomic E-state index is 11.6. The number of thioether (sulfide) groups is 1. The van der Waals surface area contributed by atoms with Crippen LogP contribution in [0.4, 0.5) is 5.69 Å². The van der Waals surface area contributed by atoms with Gasteiger partial charge in [-0.1, -0.05) is 29.5 Å². The molecule has 0 unspecified atom stereocenters. The molecule has 0 saturated carbocycles. The summed E-state index contributed by atoms with van der Waals surface area (Å²) in [5.41, 5.74) is 2.35. The highest BCUT2D eigenvalue weighted by Gasteiger charge is 2.32. The van der Waals surface area contributed by atoms with Crippen molar-refractivity contribution in [3.63, 3.8) is 0 Å². The van der Waals surface area contributed by atoms with E-state index in [4.69, 9.17) is 0 Å². The summed E-state index contributed by atoms with van der Waals surface area (Å²) in [7, 11) is 0. The van der Waals surface area contributed by atoms with Crippen molar-refractivity contribution >= 4 is 28.5 Å². The molecule has 0 N–H and O–H groups in total. The van der Waals surface area contributed by atoms with Crippen molar-refractivity contribution in [2.75, 3.05) is 24.0 Å². The molecule has 1 aromatic rings. The van der Waals surface area contributed by atoms with Gasteiger partial charge in [-0.3, -0.25) is 9.69 Å². The number of rotatable bonds is 1. The van der Waals surface area contributed by atoms with Crippen LogP contribution < -0.4 is 4.90 Å². The number of anilines is 1. The Labute approximate surface area is 104 Å². The largest absolute Gasteiger partial charge is 0.334 e. The summed E-state index contributed by atoms with van der Waals surface area (Å²) in [6.45, 7) is 3.32. The summed E-state index contributed by atoms with van der Waals surface area (Å²) < 4.78 is 0. The quantitative estimate of drug-likeness (QED) is 0.757. The van der Waals surface area contributed by atoms with Crippen molar-refractivity contribution < 1.29 is 4.79 Å². The van der Waals surface area contributed by atoms with E-state index in [0.29, 0.717) is 19.1 Å². The molecule has 2 heterocycles. The van der Waals surface area contributed by atoms with Gasteiger partial charge in [-0.2, -0.15) is 0 Å². The second-order valence-electron chi connectivity index (χ2n) is 4.21. The SMILES string of the molecule is Cc1ccc(N2CN=C3SCC(=O)N3C2)cc1. The molecule has 0 aliphatic carbocycles. The minimum atomic E-state index is 0.158. The Balaban J connectivity index is 1.83. The molecule has 88 valence electrons. The van der Waals surface area contributed by atoms with Crippen molar-refractivity contribution in [3.05, 3.63) is 29.8 Å². The molecule has 1 fully saturated rings. The van der Waals surface area contributed by atoms with Crippen LogP contribution in [-0.4, -0.2) is 35.1 Å². The van der Waals surface area contributed by atoms with E-state index in [-0.39, 0.29) is 5.91 Å². The first-order chi connectivity index (χ1) is 8.24. The molecule has 4 nitrogen and oxygen atoms in total. The molecule has 0 atom stereocenters. The van der Waals surface area contributed by atoms with Crippen molar-refractivity contribution in [1.29, 1.82) is 0 Å². The fraction of sp³-hybridized carbons (Fsp3) is 0.333. The van der Waals surface area contributed by atoms with E-state index in [2.05, 4.69) is 41.1 Å². The zero-order chi connectivity index (χ0) is 11.8. The second-order valence-corrected chi connectivity index (χ2v) is 5.15. The number of amides is 1. The van der Waals surface area contributed by atoms with Gasteiger partial charge in [0.05, 0.1) is 5.75 Å². The molecule has 0 radical (unpaired) electrons. The van der Waals surface area contributed by atoms with Crippen LogP contribution in [0.3, 0.4) is 0 Å². The van der Waals surface area contributed by atoms with Crippen molar-refractivity contribution in [2.24, 2.45) is 4.99 Å². The summed E-state index contributed by atoms with van der Waals surface area (Å²) in [6, 6.07) is 8.30. The van der Waals surface area contributed by atoms with E-state index >= 15 is 0 Å². The standard InChI is InChI=1S/C12H13N3OS/c1-9-2-4-10(5-3-9)14-7-13-12-15(8-14)11(16)6-17-12/h2-5H,6-8H2,1H3. The number of fused-ring (bicyclic) bond motifs is 1. The third kappa shape index (κ3) is 1.91. The van der Waals surface area contributed by atoms with Crippen LogP contribution in [0.2, 0.25) is 0 Å². The number of nitrogens with zero attached hydrogens (tertiary/aromatic N) is 3. The molecule has 2 aliphatic heterocycles. The Kier molecular flexibility index (Phi) is 2.55. The van der Waals surface area contributed by atoms with Gasteiger partial charge in [-0.25, -0.2) is 4.99 Å². The predicted octanol–water partition coefficient (Wildman–Crippen LogP) is 1.66. The number of carbonyl (C=O) groups is 1. The predicted molar refractivity (Wildman–Crippen MR) is 70.1 cm³/mol. The van der Waals surface area contributed by atoms with Gasteiger partial charge in [-0.05, 0) is 19.1 Å². The lowest BCUT2D eigenvalue weighted by atomic mass is 10.2. The van der Waals surface area contributed by atoms with Crippen LogP contribution in [0.1, 0.15) is 5.56 Å². The van der Waals surface area contributed by atoms with Crippen molar-refractivity contribution in [3.8, 4) is 0 Å². The van der Waals surface area contributed by atoms with Gasteiger partial charge in [0.25, 0.3) is 0 Å². The van der Waals surface area contributed by atoms with E-state index < -0.39 is 0 Å². The molecular weight excluding hydrogens is 234 g/mol. The van der Waals surface area contributed by atoms with E-state index in [1.165, 1.54) is 17.3 Å². The molecule has 0 aromatic heterocycles. The first kappa shape index (κ1) is 10.7. The lowest BCUT2D eigenvalue weighted by Crippen LogP contribution is -2.45. The number of benzene rings is 1. The van der Waals surface area contributed by atoms with Crippen LogP contribution in [0.5, 0.6) is 0 Å². The number of aryl methyl sites for hydroxylation is 1. The van der Waals surface area contributed by atoms with Crippen molar-refractivity contribution in [2.45, 2.75) is 6.92 Å². The zero-order valence-electron chi connectivity index (χ0n) is 9.59. The van der Waals surface area contributed by atoms with Crippen LogP contribution in [0, 0.1) is 6.92 Å². The lowest BCUT2D eigenvalue weighted by Gasteiger charge is -2.32. The Hall–Kier alpha value is -1.49.